The van der Waals surface area contributed by atoms with E-state index in [-0.39, 0.29) is 0 Å². The number of para-hydroxylation sites is 1. The van der Waals surface area contributed by atoms with Crippen LogP contribution in [0.5, 0.6) is 0 Å². The highest BCUT2D eigenvalue weighted by Crippen LogP contribution is 2.32. The number of aromatic nitrogens is 1. The predicted octanol–water partition coefficient (Wildman–Crippen LogP) is 5.01. The third kappa shape index (κ3) is 2.39. The Morgan fingerprint density at radius 1 is 0.895 bits per heavy atom. The van der Waals surface area contributed by atoms with Crippen molar-refractivity contribution >= 4 is 22.5 Å². The largest absolute Gasteiger partial charge is 0.358 e. The summed E-state index contributed by atoms with van der Waals surface area (Å²) in [6, 6.07) is 19.0. The Morgan fingerprint density at radius 2 is 1.63 bits per heavy atom. The number of hydrogen-bond acceptors (Lipinski definition) is 0. The summed E-state index contributed by atoms with van der Waals surface area (Å²) in [4.78, 5) is 3.54. The smallest absolute Gasteiger partial charge is 0.0462 e. The van der Waals surface area contributed by atoms with E-state index in [1.807, 2.05) is 0 Å². The van der Waals surface area contributed by atoms with Gasteiger partial charge >= 0.3 is 0 Å². The highest BCUT2D eigenvalue weighted by atomic mass is 35.5. The monoisotopic (exact) mass is 269 g/mol. The summed E-state index contributed by atoms with van der Waals surface area (Å²) in [7, 11) is 0. The molecule has 1 N–H and O–H groups in total. The molecule has 0 saturated carbocycles. The van der Waals surface area contributed by atoms with E-state index >= 15 is 0 Å². The zero-order valence-corrected chi connectivity index (χ0v) is 11.5. The summed E-state index contributed by atoms with van der Waals surface area (Å²) >= 11 is 5.83. The van der Waals surface area contributed by atoms with E-state index in [4.69, 9.17) is 11.6 Å². The quantitative estimate of drug-likeness (QED) is 0.641. The predicted molar refractivity (Wildman–Crippen MR) is 82.8 cm³/mol. The summed E-state index contributed by atoms with van der Waals surface area (Å²) < 4.78 is 0. The van der Waals surface area contributed by atoms with Crippen LogP contribution in [0.15, 0.2) is 54.6 Å². The highest BCUT2D eigenvalue weighted by Gasteiger charge is 2.12. The Balaban J connectivity index is 2.19. The van der Waals surface area contributed by atoms with Gasteiger partial charge in [-0.15, -0.1) is 11.6 Å². The van der Waals surface area contributed by atoms with Crippen LogP contribution in [0.3, 0.4) is 0 Å². The zero-order valence-electron chi connectivity index (χ0n) is 10.7. The molecule has 0 bridgehead atoms. The molecule has 2 heteroatoms. The van der Waals surface area contributed by atoms with Gasteiger partial charge in [-0.25, -0.2) is 0 Å². The minimum atomic E-state index is 0.698. The van der Waals surface area contributed by atoms with Crippen LogP contribution in [0.4, 0.5) is 0 Å². The van der Waals surface area contributed by atoms with Gasteiger partial charge in [0, 0.05) is 28.0 Å². The highest BCUT2D eigenvalue weighted by molar-refractivity contribution is 6.17. The number of halogens is 1. The molecule has 2 aromatic carbocycles. The molecule has 1 aromatic heterocycles. The molecule has 3 rings (SSSR count). The molecular formula is C17H16ClN. The van der Waals surface area contributed by atoms with Crippen LogP contribution in [0.1, 0.15) is 12.1 Å². The lowest BCUT2D eigenvalue weighted by molar-refractivity contribution is 0.904. The van der Waals surface area contributed by atoms with Gasteiger partial charge in [0.05, 0.1) is 0 Å². The van der Waals surface area contributed by atoms with Gasteiger partial charge in [-0.3, -0.25) is 0 Å². The standard InChI is InChI=1S/C17H16ClN/c18-12-6-11-16-17(13-7-2-1-3-8-13)14-9-4-5-10-15(14)19-16/h1-5,7-10,19H,6,11-12H2. The topological polar surface area (TPSA) is 15.8 Å². The van der Waals surface area contributed by atoms with Crippen LogP contribution in [0.25, 0.3) is 22.0 Å². The summed E-state index contributed by atoms with van der Waals surface area (Å²) in [5.41, 5.74) is 5.07. The number of nitrogens with one attached hydrogen (secondary N) is 1. The number of benzene rings is 2. The Kier molecular flexibility index (Phi) is 3.56. The Labute approximate surface area is 118 Å². The van der Waals surface area contributed by atoms with Gasteiger partial charge in [0.2, 0.25) is 0 Å². The molecule has 0 aliphatic heterocycles. The molecule has 0 aliphatic carbocycles. The molecule has 0 spiro atoms. The molecule has 0 unspecified atom stereocenters. The molecule has 0 fully saturated rings. The molecule has 0 atom stereocenters. The second kappa shape index (κ2) is 5.50. The average Bonchev–Trinajstić information content (AvgIpc) is 2.84. The lowest BCUT2D eigenvalue weighted by Crippen LogP contribution is -1.89. The van der Waals surface area contributed by atoms with Crippen molar-refractivity contribution in [2.45, 2.75) is 12.8 Å². The third-order valence-corrected chi connectivity index (χ3v) is 3.67. The number of alkyl halides is 1. The molecule has 96 valence electrons. The van der Waals surface area contributed by atoms with Crippen LogP contribution >= 0.6 is 11.6 Å². The molecule has 0 amide bonds. The van der Waals surface area contributed by atoms with Gasteiger partial charge in [-0.1, -0.05) is 48.5 Å². The zero-order chi connectivity index (χ0) is 13.1. The van der Waals surface area contributed by atoms with Crippen LogP contribution < -0.4 is 0 Å². The van der Waals surface area contributed by atoms with E-state index in [0.717, 1.165) is 12.8 Å². The van der Waals surface area contributed by atoms with Gasteiger partial charge in [0.25, 0.3) is 0 Å². The molecular weight excluding hydrogens is 254 g/mol. The fourth-order valence-electron chi connectivity index (χ4n) is 2.56. The van der Waals surface area contributed by atoms with Crippen LogP contribution in [-0.4, -0.2) is 10.9 Å². The first kappa shape index (κ1) is 12.3. The minimum Gasteiger partial charge on any atom is -0.358 e. The lowest BCUT2D eigenvalue weighted by atomic mass is 10.0. The van der Waals surface area contributed by atoms with Crippen LogP contribution in [-0.2, 0) is 6.42 Å². The fraction of sp³-hybridized carbons (Fsp3) is 0.176. The summed E-state index contributed by atoms with van der Waals surface area (Å²) in [5.74, 6) is 0.698. The molecule has 0 saturated heterocycles. The van der Waals surface area contributed by atoms with Crippen molar-refractivity contribution in [3.05, 3.63) is 60.3 Å². The average molecular weight is 270 g/mol. The molecule has 1 heterocycles. The number of aromatic amines is 1. The Bertz CT molecular complexity index is 670. The second-order valence-electron chi connectivity index (χ2n) is 4.68. The van der Waals surface area contributed by atoms with Crippen molar-refractivity contribution in [2.75, 3.05) is 5.88 Å². The van der Waals surface area contributed by atoms with E-state index in [1.54, 1.807) is 0 Å². The van der Waals surface area contributed by atoms with E-state index in [2.05, 4.69) is 59.6 Å². The van der Waals surface area contributed by atoms with Gasteiger partial charge in [-0.05, 0) is 24.5 Å². The van der Waals surface area contributed by atoms with Crippen molar-refractivity contribution in [2.24, 2.45) is 0 Å². The lowest BCUT2D eigenvalue weighted by Gasteiger charge is -2.04. The fourth-order valence-corrected chi connectivity index (χ4v) is 2.70. The summed E-state index contributed by atoms with van der Waals surface area (Å²) in [6.07, 6.45) is 1.98. The number of fused-ring (bicyclic) bond motifs is 1. The molecule has 3 aromatic rings. The maximum absolute atomic E-state index is 5.83. The summed E-state index contributed by atoms with van der Waals surface area (Å²) in [6.45, 7) is 0. The first-order chi connectivity index (χ1) is 9.40. The minimum absolute atomic E-state index is 0.698. The van der Waals surface area contributed by atoms with Crippen LogP contribution in [0, 0.1) is 0 Å². The van der Waals surface area contributed by atoms with Crippen molar-refractivity contribution in [3.8, 4) is 11.1 Å². The van der Waals surface area contributed by atoms with E-state index in [0.29, 0.717) is 5.88 Å². The molecule has 1 nitrogen and oxygen atoms in total. The maximum Gasteiger partial charge on any atom is 0.0462 e. The number of H-pyrrole nitrogens is 1. The molecule has 19 heavy (non-hydrogen) atoms. The number of rotatable bonds is 4. The van der Waals surface area contributed by atoms with Crippen molar-refractivity contribution < 1.29 is 0 Å². The van der Waals surface area contributed by atoms with Gasteiger partial charge < -0.3 is 4.98 Å². The number of aryl methyl sites for hydroxylation is 1. The van der Waals surface area contributed by atoms with E-state index < -0.39 is 0 Å². The first-order valence-corrected chi connectivity index (χ1v) is 7.14. The van der Waals surface area contributed by atoms with Crippen molar-refractivity contribution in [3.63, 3.8) is 0 Å². The maximum atomic E-state index is 5.83. The van der Waals surface area contributed by atoms with E-state index in [9.17, 15) is 0 Å². The SMILES string of the molecule is ClCCCc1[nH]c2ccccc2c1-c1ccccc1. The van der Waals surface area contributed by atoms with E-state index in [1.165, 1.54) is 27.7 Å². The van der Waals surface area contributed by atoms with Gasteiger partial charge in [0.15, 0.2) is 0 Å². The van der Waals surface area contributed by atoms with Gasteiger partial charge in [-0.2, -0.15) is 0 Å². The van der Waals surface area contributed by atoms with Gasteiger partial charge in [0.1, 0.15) is 0 Å². The van der Waals surface area contributed by atoms with Crippen molar-refractivity contribution in [1.82, 2.24) is 4.98 Å². The second-order valence-corrected chi connectivity index (χ2v) is 5.06. The number of hydrogen-bond donors (Lipinski definition) is 1. The Hall–Kier alpha value is -1.73. The van der Waals surface area contributed by atoms with Crippen LogP contribution in [0.2, 0.25) is 0 Å². The normalized spacial score (nSPS) is 11.0. The summed E-state index contributed by atoms with van der Waals surface area (Å²) in [5, 5.41) is 1.29. The molecule has 0 aliphatic rings. The molecule has 0 radical (unpaired) electrons. The third-order valence-electron chi connectivity index (χ3n) is 3.41. The first-order valence-electron chi connectivity index (χ1n) is 6.61. The van der Waals surface area contributed by atoms with Crippen molar-refractivity contribution in [1.29, 1.82) is 0 Å². The Morgan fingerprint density at radius 3 is 2.42 bits per heavy atom.